The van der Waals surface area contributed by atoms with Crippen molar-refractivity contribution in [2.75, 3.05) is 11.5 Å². The molecular weight excluding hydrogens is 472 g/mol. The number of amides is 2. The normalized spacial score (nSPS) is 15.0. The van der Waals surface area contributed by atoms with Gasteiger partial charge in [-0.1, -0.05) is 48.5 Å². The number of aromatic hydroxyl groups is 1. The first-order valence-corrected chi connectivity index (χ1v) is 11.9. The molecule has 2 N–H and O–H groups in total. The summed E-state index contributed by atoms with van der Waals surface area (Å²) in [7, 11) is 0. The molecule has 8 nitrogen and oxygen atoms in total. The lowest BCUT2D eigenvalue weighted by molar-refractivity contribution is -0.132. The van der Waals surface area contributed by atoms with Crippen LogP contribution in [0, 0.1) is 6.92 Å². The molecule has 1 aromatic heterocycles. The molecule has 2 heterocycles. The highest BCUT2D eigenvalue weighted by atomic mass is 16.6. The number of hydrogen-bond acceptors (Lipinski definition) is 6. The highest BCUT2D eigenvalue weighted by molar-refractivity contribution is 6.03. The third kappa shape index (κ3) is 5.28. The van der Waals surface area contributed by atoms with Crippen LogP contribution < -0.4 is 19.7 Å². The monoisotopic (exact) mass is 498 g/mol. The van der Waals surface area contributed by atoms with Gasteiger partial charge in [0.1, 0.15) is 23.9 Å². The van der Waals surface area contributed by atoms with Crippen LogP contribution in [-0.2, 0) is 16.1 Å². The molecule has 4 aromatic rings. The lowest BCUT2D eigenvalue weighted by Gasteiger charge is -2.34. The van der Waals surface area contributed by atoms with Crippen molar-refractivity contribution in [1.82, 2.24) is 5.32 Å². The van der Waals surface area contributed by atoms with Crippen molar-refractivity contribution in [3.8, 4) is 17.2 Å². The lowest BCUT2D eigenvalue weighted by Crippen LogP contribution is -2.51. The Labute approximate surface area is 214 Å². The maximum absolute atomic E-state index is 14.0. The Morgan fingerprint density at radius 2 is 1.73 bits per heavy atom. The summed E-state index contributed by atoms with van der Waals surface area (Å²) in [6.45, 7) is 1.98. The zero-order valence-electron chi connectivity index (χ0n) is 20.2. The first-order chi connectivity index (χ1) is 18.0. The predicted molar refractivity (Wildman–Crippen MR) is 136 cm³/mol. The van der Waals surface area contributed by atoms with Crippen LogP contribution in [0.3, 0.4) is 0 Å². The number of carbonyl (C=O) groups is 2. The summed E-state index contributed by atoms with van der Waals surface area (Å²) in [4.78, 5) is 29.0. The quantitative estimate of drug-likeness (QED) is 0.388. The van der Waals surface area contributed by atoms with Crippen LogP contribution in [0.2, 0.25) is 0 Å². The zero-order valence-corrected chi connectivity index (χ0v) is 20.2. The van der Waals surface area contributed by atoms with Crippen molar-refractivity contribution in [3.63, 3.8) is 0 Å². The molecule has 0 radical (unpaired) electrons. The number of phenolic OH excluding ortho intramolecular Hbond substituents is 1. The van der Waals surface area contributed by atoms with Gasteiger partial charge in [0.2, 0.25) is 6.10 Å². The van der Waals surface area contributed by atoms with E-state index in [2.05, 4.69) is 5.32 Å². The Morgan fingerprint density at radius 1 is 0.973 bits per heavy atom. The van der Waals surface area contributed by atoms with E-state index in [0.717, 1.165) is 5.56 Å². The van der Waals surface area contributed by atoms with Crippen molar-refractivity contribution in [3.05, 3.63) is 108 Å². The summed E-state index contributed by atoms with van der Waals surface area (Å²) in [6, 6.07) is 24.9. The molecule has 0 fully saturated rings. The number of anilines is 1. The van der Waals surface area contributed by atoms with Crippen LogP contribution in [0.5, 0.6) is 17.2 Å². The Hall–Kier alpha value is -4.72. The number of nitrogens with one attached hydrogen (secondary N) is 1. The molecule has 8 heteroatoms. The fourth-order valence-electron chi connectivity index (χ4n) is 4.20. The Bertz CT molecular complexity index is 1400. The summed E-state index contributed by atoms with van der Waals surface area (Å²) in [5, 5.41) is 13.1. The van der Waals surface area contributed by atoms with Gasteiger partial charge in [0, 0.05) is 18.3 Å². The van der Waals surface area contributed by atoms with Gasteiger partial charge >= 0.3 is 0 Å². The smallest absolute Gasteiger partial charge is 0.272 e. The number of ether oxygens (including phenoxy) is 2. The number of para-hydroxylation sites is 2. The van der Waals surface area contributed by atoms with E-state index in [1.54, 1.807) is 49.4 Å². The predicted octanol–water partition coefficient (Wildman–Crippen LogP) is 4.52. The molecule has 3 aromatic carbocycles. The maximum Gasteiger partial charge on any atom is 0.272 e. The van der Waals surface area contributed by atoms with Crippen molar-refractivity contribution in [2.24, 2.45) is 0 Å². The van der Waals surface area contributed by atoms with E-state index < -0.39 is 24.0 Å². The SMILES string of the molecule is Cc1ccc([C@H](C(=O)NCc2ccccc2)N(C(=O)[C@@H]2COc3ccccc3O2)c2cccc(O)c2)o1. The highest BCUT2D eigenvalue weighted by Gasteiger charge is 2.40. The first kappa shape index (κ1) is 24.0. The number of rotatable bonds is 7. The van der Waals surface area contributed by atoms with E-state index in [0.29, 0.717) is 22.9 Å². The molecule has 0 spiro atoms. The summed E-state index contributed by atoms with van der Waals surface area (Å²) in [6.07, 6.45) is -1.03. The van der Waals surface area contributed by atoms with Crippen LogP contribution in [0.1, 0.15) is 23.1 Å². The molecule has 0 saturated heterocycles. The minimum absolute atomic E-state index is 0.0410. The summed E-state index contributed by atoms with van der Waals surface area (Å²) >= 11 is 0. The van der Waals surface area contributed by atoms with E-state index >= 15 is 0 Å². The maximum atomic E-state index is 14.0. The standard InChI is InChI=1S/C29H26N2O6/c1-19-14-15-25(36-19)27(28(33)30-17-20-8-3-2-4-9-20)31(21-10-7-11-22(32)16-21)29(34)26-18-35-23-12-5-6-13-24(23)37-26/h2-16,26-27,32H,17-18H2,1H3,(H,30,33)/t26-,27+/m0/s1. The molecule has 2 atom stereocenters. The van der Waals surface area contributed by atoms with E-state index in [4.69, 9.17) is 13.9 Å². The molecule has 1 aliphatic rings. The van der Waals surface area contributed by atoms with E-state index in [1.165, 1.54) is 17.0 Å². The molecule has 0 unspecified atom stereocenters. The highest BCUT2D eigenvalue weighted by Crippen LogP contribution is 2.35. The average molecular weight is 499 g/mol. The van der Waals surface area contributed by atoms with Crippen LogP contribution in [0.15, 0.2) is 95.4 Å². The Kier molecular flexibility index (Phi) is 6.81. The topological polar surface area (TPSA) is 101 Å². The van der Waals surface area contributed by atoms with Gasteiger partial charge in [-0.25, -0.2) is 0 Å². The van der Waals surface area contributed by atoms with Gasteiger partial charge in [-0.2, -0.15) is 0 Å². The molecule has 2 amide bonds. The third-order valence-electron chi connectivity index (χ3n) is 5.98. The molecule has 0 bridgehead atoms. The largest absolute Gasteiger partial charge is 0.508 e. The van der Waals surface area contributed by atoms with Crippen LogP contribution in [-0.4, -0.2) is 29.6 Å². The molecular formula is C29H26N2O6. The van der Waals surface area contributed by atoms with E-state index in [1.807, 2.05) is 36.4 Å². The van der Waals surface area contributed by atoms with Crippen LogP contribution in [0.4, 0.5) is 5.69 Å². The van der Waals surface area contributed by atoms with E-state index in [-0.39, 0.29) is 24.7 Å². The summed E-state index contributed by atoms with van der Waals surface area (Å²) in [5.41, 5.74) is 1.21. The lowest BCUT2D eigenvalue weighted by atomic mass is 10.1. The Balaban J connectivity index is 1.52. The number of aryl methyl sites for hydroxylation is 1. The second kappa shape index (κ2) is 10.5. The summed E-state index contributed by atoms with van der Waals surface area (Å²) in [5.74, 6) is 0.806. The minimum atomic E-state index is -1.17. The fourth-order valence-corrected chi connectivity index (χ4v) is 4.20. The second-order valence-corrected chi connectivity index (χ2v) is 8.65. The van der Waals surface area contributed by atoms with Gasteiger partial charge in [0.05, 0.1) is 0 Å². The average Bonchev–Trinajstić information content (AvgIpc) is 3.35. The number of hydrogen-bond donors (Lipinski definition) is 2. The van der Waals surface area contributed by atoms with Gasteiger partial charge in [-0.05, 0) is 48.9 Å². The molecule has 188 valence electrons. The second-order valence-electron chi connectivity index (χ2n) is 8.65. The number of benzene rings is 3. The van der Waals surface area contributed by atoms with Crippen molar-refractivity contribution >= 4 is 17.5 Å². The number of furan rings is 1. The molecule has 5 rings (SSSR count). The molecule has 1 aliphatic heterocycles. The fraction of sp³-hybridized carbons (Fsp3) is 0.172. The van der Waals surface area contributed by atoms with E-state index in [9.17, 15) is 14.7 Å². The minimum Gasteiger partial charge on any atom is -0.508 e. The van der Waals surface area contributed by atoms with Gasteiger partial charge in [0.15, 0.2) is 17.5 Å². The van der Waals surface area contributed by atoms with Gasteiger partial charge < -0.3 is 24.3 Å². The number of fused-ring (bicyclic) bond motifs is 1. The van der Waals surface area contributed by atoms with Gasteiger partial charge in [-0.3, -0.25) is 14.5 Å². The van der Waals surface area contributed by atoms with Crippen LogP contribution >= 0.6 is 0 Å². The number of carbonyl (C=O) groups excluding carboxylic acids is 2. The zero-order chi connectivity index (χ0) is 25.8. The van der Waals surface area contributed by atoms with Crippen molar-refractivity contribution < 1.29 is 28.6 Å². The first-order valence-electron chi connectivity index (χ1n) is 11.9. The third-order valence-corrected chi connectivity index (χ3v) is 5.98. The van der Waals surface area contributed by atoms with Crippen LogP contribution in [0.25, 0.3) is 0 Å². The van der Waals surface area contributed by atoms with Gasteiger partial charge in [-0.15, -0.1) is 0 Å². The molecule has 0 saturated carbocycles. The van der Waals surface area contributed by atoms with Gasteiger partial charge in [0.25, 0.3) is 11.8 Å². The van der Waals surface area contributed by atoms with Crippen molar-refractivity contribution in [1.29, 1.82) is 0 Å². The van der Waals surface area contributed by atoms with Crippen molar-refractivity contribution in [2.45, 2.75) is 25.6 Å². The Morgan fingerprint density at radius 3 is 2.46 bits per heavy atom. The number of phenols is 1. The molecule has 37 heavy (non-hydrogen) atoms. The number of nitrogens with zero attached hydrogens (tertiary/aromatic N) is 1. The summed E-state index contributed by atoms with van der Waals surface area (Å²) < 4.78 is 17.6. The molecule has 0 aliphatic carbocycles.